The first-order chi connectivity index (χ1) is 55.4. The Kier molecular flexibility index (Phi) is 41.6. The van der Waals surface area contributed by atoms with Crippen molar-refractivity contribution in [2.75, 3.05) is 52.4 Å². The maximum absolute atomic E-state index is 15.2. The van der Waals surface area contributed by atoms with E-state index in [9.17, 15) is 53.4 Å². The van der Waals surface area contributed by atoms with Gasteiger partial charge in [-0.1, -0.05) is 98.2 Å². The molecule has 33 nitrogen and oxygen atoms in total. The van der Waals surface area contributed by atoms with E-state index in [0.29, 0.717) is 104 Å². The largest absolute Gasteiger partial charge is 0.508 e. The number of rotatable bonds is 44. The van der Waals surface area contributed by atoms with E-state index in [-0.39, 0.29) is 76.0 Å². The highest BCUT2D eigenvalue weighted by Crippen LogP contribution is 2.23. The molecule has 2 heterocycles. The van der Waals surface area contributed by atoms with Crippen molar-refractivity contribution in [2.24, 2.45) is 21.6 Å². The number of hydrogen-bond acceptors (Lipinski definition) is 17. The Morgan fingerprint density at radius 2 is 0.948 bits per heavy atom. The Morgan fingerprint density at radius 3 is 1.44 bits per heavy atom. The summed E-state index contributed by atoms with van der Waals surface area (Å²) in [4.78, 5) is 181. The number of fused-ring (bicyclic) bond motifs is 1. The van der Waals surface area contributed by atoms with Gasteiger partial charge in [0, 0.05) is 103 Å². The number of aliphatic imine (C=N–C) groups is 2. The number of carbonyl (C=O) groups is 12. The smallest absolute Gasteiger partial charge is 0.300 e. The number of guanidine groups is 2. The van der Waals surface area contributed by atoms with Gasteiger partial charge in [-0.3, -0.25) is 72.5 Å². The lowest BCUT2D eigenvalue weighted by molar-refractivity contribution is -0.142. The SMILES string of the molecule is CC(=O)O.CCNC(=NCCCC[C@H](NC(=O)[C@H](CC(C)C)NC(=O)[C@@H](CCCCN=C(NCC)NCC)NC(=O)[C@H](Cc1ccc(O)cc1)NC(=O)[C@H](CO)NC(=O)[C@@H](Cc1cccnc1)NC(=O)[C@@H](Cc1ccc(Cl)cc1)NC(=O)[C@@H](Cc1ccc2ccccc2c1)NC(C)=O)C(=O)N1CCC[C@H]1C(=O)N[C@H](C)C(N)=O)NCC. The molecule has 5 aromatic rings. The number of nitrogens with two attached hydrogens (primary N) is 1. The van der Waals surface area contributed by atoms with Crippen molar-refractivity contribution < 1.29 is 72.9 Å². The van der Waals surface area contributed by atoms with Gasteiger partial charge in [0.25, 0.3) is 5.97 Å². The van der Waals surface area contributed by atoms with Crippen LogP contribution in [0.5, 0.6) is 5.75 Å². The summed E-state index contributed by atoms with van der Waals surface area (Å²) in [5.41, 5.74) is 7.61. The van der Waals surface area contributed by atoms with Gasteiger partial charge in [-0.2, -0.15) is 0 Å². The molecule has 116 heavy (non-hydrogen) atoms. The van der Waals surface area contributed by atoms with Crippen LogP contribution in [0.2, 0.25) is 5.02 Å². The average molecular weight is 1630 g/mol. The minimum absolute atomic E-state index is 0.0365. The first kappa shape index (κ1) is 95.1. The lowest BCUT2D eigenvalue weighted by atomic mass is 9.99. The molecule has 6 rings (SSSR count). The number of amides is 11. The highest BCUT2D eigenvalue weighted by atomic mass is 35.5. The van der Waals surface area contributed by atoms with Crippen LogP contribution in [0.25, 0.3) is 10.8 Å². The molecule has 1 aliphatic rings. The summed E-state index contributed by atoms with van der Waals surface area (Å²) < 4.78 is 0. The molecule has 1 fully saturated rings. The summed E-state index contributed by atoms with van der Waals surface area (Å²) in [7, 11) is 0. The monoisotopic (exact) mass is 1630 g/mol. The number of carboxylic acids is 1. The molecule has 11 amide bonds. The van der Waals surface area contributed by atoms with Crippen molar-refractivity contribution in [1.82, 2.24) is 79.0 Å². The van der Waals surface area contributed by atoms with Gasteiger partial charge in [-0.15, -0.1) is 0 Å². The van der Waals surface area contributed by atoms with Crippen molar-refractivity contribution in [3.63, 3.8) is 0 Å². The number of aromatic hydroxyl groups is 1. The second-order valence-corrected chi connectivity index (χ2v) is 29.0. The number of likely N-dealkylation sites (tertiary alicyclic amines) is 1. The number of primary amides is 1. The molecule has 0 unspecified atom stereocenters. The minimum atomic E-state index is -1.82. The molecule has 0 bridgehead atoms. The summed E-state index contributed by atoms with van der Waals surface area (Å²) in [5.74, 6) is -8.56. The molecular formula is C82H117ClN18O15. The van der Waals surface area contributed by atoms with E-state index in [1.807, 2.05) is 84.0 Å². The Labute approximate surface area is 682 Å². The van der Waals surface area contributed by atoms with Crippen LogP contribution >= 0.6 is 11.6 Å². The van der Waals surface area contributed by atoms with Gasteiger partial charge in [0.05, 0.1) is 6.61 Å². The summed E-state index contributed by atoms with van der Waals surface area (Å²) >= 11 is 6.26. The zero-order chi connectivity index (χ0) is 85.2. The predicted octanol–water partition coefficient (Wildman–Crippen LogP) is 2.36. The fourth-order valence-corrected chi connectivity index (χ4v) is 12.8. The highest BCUT2D eigenvalue weighted by molar-refractivity contribution is 6.30. The number of aliphatic hydroxyl groups is 1. The van der Waals surface area contributed by atoms with E-state index in [1.165, 1.54) is 55.4 Å². The van der Waals surface area contributed by atoms with Crippen LogP contribution in [-0.2, 0) is 83.2 Å². The van der Waals surface area contributed by atoms with Crippen molar-refractivity contribution in [2.45, 2.75) is 206 Å². The fraction of sp³-hybridized carbons (Fsp3) is 0.500. The summed E-state index contributed by atoms with van der Waals surface area (Å²) in [5, 5.41) is 68.4. The molecule has 1 saturated heterocycles. The average Bonchev–Trinajstić information content (AvgIpc) is 1.07. The number of aliphatic carboxylic acids is 1. The van der Waals surface area contributed by atoms with Crippen molar-refractivity contribution >= 4 is 105 Å². The van der Waals surface area contributed by atoms with Crippen LogP contribution in [0.1, 0.15) is 142 Å². The van der Waals surface area contributed by atoms with E-state index < -0.39 is 138 Å². The van der Waals surface area contributed by atoms with Crippen LogP contribution in [0.4, 0.5) is 0 Å². The van der Waals surface area contributed by atoms with E-state index in [1.54, 1.807) is 36.4 Å². The number of pyridine rings is 1. The first-order valence-corrected chi connectivity index (χ1v) is 39.9. The molecule has 0 radical (unpaired) electrons. The van der Waals surface area contributed by atoms with Crippen LogP contribution in [0, 0.1) is 5.92 Å². The van der Waals surface area contributed by atoms with E-state index in [2.05, 4.69) is 84.1 Å². The molecule has 34 heteroatoms. The molecule has 4 aromatic carbocycles. The van der Waals surface area contributed by atoms with E-state index >= 15 is 9.59 Å². The maximum atomic E-state index is 15.2. The number of nitrogens with one attached hydrogen (secondary N) is 13. The van der Waals surface area contributed by atoms with Gasteiger partial charge in [0.15, 0.2) is 11.9 Å². The van der Waals surface area contributed by atoms with E-state index in [0.717, 1.165) is 17.7 Å². The molecule has 0 spiro atoms. The van der Waals surface area contributed by atoms with Gasteiger partial charge in [0.1, 0.15) is 66.2 Å². The Morgan fingerprint density at radius 1 is 0.517 bits per heavy atom. The first-order valence-electron chi connectivity index (χ1n) is 39.5. The third kappa shape index (κ3) is 33.9. The maximum Gasteiger partial charge on any atom is 0.300 e. The summed E-state index contributed by atoms with van der Waals surface area (Å²) in [6.07, 6.45) is 4.77. The molecule has 1 aliphatic heterocycles. The van der Waals surface area contributed by atoms with Crippen LogP contribution in [-0.4, -0.2) is 221 Å². The lowest BCUT2D eigenvalue weighted by Crippen LogP contribution is -2.61. The van der Waals surface area contributed by atoms with Gasteiger partial charge in [0.2, 0.25) is 65.0 Å². The second-order valence-electron chi connectivity index (χ2n) is 28.6. The standard InChI is InChI=1S/C80H113ClN18O13.C2H4O2/c1-9-84-79(85-10-2)88-38-17-15-24-60(70(104)94-62(41-49(5)6)71(105)93-61(25-16-18-39-89-80(86-11-3)87-12-4)78(112)99-40-20-26-68(99)77(111)90-50(7)69(82)103)92-73(107)64(44-53-30-35-59(102)36-31-53)97-76(110)67(48-100)98-75(109)66(46-55-21-19-37-83-47-55)96-74(108)65(43-52-28-33-58(81)34-29-52)95-72(106)63(91-51(8)101)45-54-27-32-56-22-13-14-23-57(56)42-54;1-2(3)4/h13-14,19,21-23,27-37,42,47,49-50,60-68,100,102H,9-12,15-18,20,24-26,38-41,43-46,48H2,1-8H3,(H2,82,103)(H,90,111)(H,91,101)(H,92,107)(H,93,105)(H,94,104)(H,95,106)(H,96,108)(H,97,110)(H,98,109)(H2,84,85,88)(H2,86,87,89);1H3,(H,3,4)/t50-,60-,61+,62+,63-,64+,65-,66-,67+,68+;/m1./s1. The molecular weight excluding hydrogens is 1510 g/mol. The Bertz CT molecular complexity index is 4080. The van der Waals surface area contributed by atoms with Crippen LogP contribution in [0.15, 0.2) is 126 Å². The number of aliphatic hydroxyl groups excluding tert-OH is 1. The number of aromatic nitrogens is 1. The number of carboxylic acid groups (broad SMARTS) is 1. The van der Waals surface area contributed by atoms with Crippen molar-refractivity contribution in [3.05, 3.63) is 143 Å². The van der Waals surface area contributed by atoms with E-state index in [4.69, 9.17) is 27.2 Å². The van der Waals surface area contributed by atoms with Gasteiger partial charge in [-0.05, 0) is 162 Å². The third-order valence-corrected chi connectivity index (χ3v) is 18.7. The number of hydrogen-bond donors (Lipinski definition) is 17. The second kappa shape index (κ2) is 50.7. The number of benzene rings is 4. The Balaban J connectivity index is 0.00000586. The van der Waals surface area contributed by atoms with Crippen molar-refractivity contribution in [1.29, 1.82) is 0 Å². The topological polar surface area (TPSA) is 489 Å². The summed E-state index contributed by atoms with van der Waals surface area (Å²) in [6.45, 7) is 17.4. The third-order valence-electron chi connectivity index (χ3n) is 18.5. The number of phenols is 1. The van der Waals surface area contributed by atoms with Gasteiger partial charge < -0.3 is 95.1 Å². The molecule has 0 aliphatic carbocycles. The molecule has 632 valence electrons. The zero-order valence-corrected chi connectivity index (χ0v) is 68.4. The quantitative estimate of drug-likeness (QED) is 0.0151. The number of nitrogens with zero attached hydrogens (tertiary/aromatic N) is 4. The van der Waals surface area contributed by atoms with Crippen molar-refractivity contribution in [3.8, 4) is 5.75 Å². The molecule has 10 atom stereocenters. The van der Waals surface area contributed by atoms with Crippen LogP contribution in [0.3, 0.4) is 0 Å². The minimum Gasteiger partial charge on any atom is -0.508 e. The van der Waals surface area contributed by atoms with Gasteiger partial charge in [-0.25, -0.2) is 0 Å². The normalized spacial score (nSPS) is 14.5. The zero-order valence-electron chi connectivity index (χ0n) is 67.7. The van der Waals surface area contributed by atoms with Crippen LogP contribution < -0.4 is 74.9 Å². The fourth-order valence-electron chi connectivity index (χ4n) is 12.7. The Hall–Kier alpha value is -11.5. The highest BCUT2D eigenvalue weighted by Gasteiger charge is 2.40. The number of phenolic OH excluding ortho intramolecular Hbond substituents is 1. The van der Waals surface area contributed by atoms with Gasteiger partial charge >= 0.3 is 0 Å². The number of carbonyl (C=O) groups excluding carboxylic acids is 11. The molecule has 0 saturated carbocycles. The predicted molar refractivity (Wildman–Crippen MR) is 442 cm³/mol. The molecule has 1 aromatic heterocycles. The summed E-state index contributed by atoms with van der Waals surface area (Å²) in [6, 6.07) is 15.3. The number of halogens is 1. The lowest BCUT2D eigenvalue weighted by Gasteiger charge is -2.31. The molecule has 18 N–H and O–H groups in total. The number of unbranched alkanes of at least 4 members (excludes halogenated alkanes) is 2.